The van der Waals surface area contributed by atoms with Crippen LogP contribution >= 0.6 is 0 Å². The van der Waals surface area contributed by atoms with E-state index >= 15 is 0 Å². The Morgan fingerprint density at radius 3 is 2.19 bits per heavy atom. The summed E-state index contributed by atoms with van der Waals surface area (Å²) in [5.41, 5.74) is 2.11. The van der Waals surface area contributed by atoms with Crippen LogP contribution in [-0.2, 0) is 16.0 Å². The van der Waals surface area contributed by atoms with Gasteiger partial charge in [0.2, 0.25) is 0 Å². The number of hydrogen-bond donors (Lipinski definition) is 1. The minimum atomic E-state index is -0.430. The molecule has 1 N–H and O–H groups in total. The van der Waals surface area contributed by atoms with Gasteiger partial charge in [-0.1, -0.05) is 38.1 Å². The maximum Gasteiger partial charge on any atom is 0.320 e. The highest BCUT2D eigenvalue weighted by molar-refractivity contribution is 5.72. The van der Waals surface area contributed by atoms with Crippen LogP contribution in [0.3, 0.4) is 0 Å². The first-order chi connectivity index (χ1) is 9.67. The number of carbonyl (C=O) groups is 1. The van der Waals surface area contributed by atoms with E-state index in [1.807, 2.05) is 20.8 Å². The second kappa shape index (κ2) is 7.60. The Bertz CT molecular complexity index is 443. The molecule has 0 aliphatic heterocycles. The van der Waals surface area contributed by atoms with E-state index < -0.39 is 5.60 Å². The largest absolute Gasteiger partial charge is 0.459 e. The summed E-state index contributed by atoms with van der Waals surface area (Å²) >= 11 is 0. The van der Waals surface area contributed by atoms with Gasteiger partial charge in [-0.25, -0.2) is 0 Å². The standard InChI is InChI=1S/C18H29NO2/c1-13(2)11-15-7-9-16(10-8-15)14(3)19-12-17(20)21-18(4,5)6/h7-10,13-14,19H,11-12H2,1-6H3. The fraction of sp³-hybridized carbons (Fsp3) is 0.611. The Labute approximate surface area is 129 Å². The molecule has 0 saturated heterocycles. The molecule has 1 aromatic rings. The summed E-state index contributed by atoms with van der Waals surface area (Å²) in [6.45, 7) is 12.4. The van der Waals surface area contributed by atoms with E-state index in [1.54, 1.807) is 0 Å². The van der Waals surface area contributed by atoms with Crippen molar-refractivity contribution in [2.24, 2.45) is 5.92 Å². The molecule has 0 fully saturated rings. The molecule has 0 radical (unpaired) electrons. The number of ether oxygens (including phenoxy) is 1. The third-order valence-electron chi connectivity index (χ3n) is 3.10. The molecule has 0 aromatic heterocycles. The van der Waals surface area contributed by atoms with Crippen LogP contribution in [0.5, 0.6) is 0 Å². The number of esters is 1. The van der Waals surface area contributed by atoms with Gasteiger partial charge in [0.15, 0.2) is 0 Å². The zero-order valence-electron chi connectivity index (χ0n) is 14.2. The average Bonchev–Trinajstić information content (AvgIpc) is 2.34. The van der Waals surface area contributed by atoms with E-state index in [9.17, 15) is 4.79 Å². The summed E-state index contributed by atoms with van der Waals surface area (Å²) < 4.78 is 5.29. The van der Waals surface area contributed by atoms with Crippen LogP contribution in [0.2, 0.25) is 0 Å². The van der Waals surface area contributed by atoms with Crippen molar-refractivity contribution < 1.29 is 9.53 Å². The molecule has 0 amide bonds. The van der Waals surface area contributed by atoms with Gasteiger partial charge in [0.1, 0.15) is 5.60 Å². The molecular weight excluding hydrogens is 262 g/mol. The second-order valence-electron chi connectivity index (χ2n) is 7.03. The summed E-state index contributed by atoms with van der Waals surface area (Å²) in [7, 11) is 0. The number of benzene rings is 1. The van der Waals surface area contributed by atoms with Crippen molar-refractivity contribution in [3.8, 4) is 0 Å². The van der Waals surface area contributed by atoms with Gasteiger partial charge in [0.25, 0.3) is 0 Å². The molecule has 1 atom stereocenters. The molecule has 0 saturated carbocycles. The van der Waals surface area contributed by atoms with Crippen LogP contribution in [0.4, 0.5) is 0 Å². The normalized spacial score (nSPS) is 13.3. The maximum atomic E-state index is 11.7. The first kappa shape index (κ1) is 17.7. The third-order valence-corrected chi connectivity index (χ3v) is 3.10. The van der Waals surface area contributed by atoms with E-state index in [1.165, 1.54) is 11.1 Å². The fourth-order valence-corrected chi connectivity index (χ4v) is 2.15. The van der Waals surface area contributed by atoms with Crippen LogP contribution in [0, 0.1) is 5.92 Å². The highest BCUT2D eigenvalue weighted by atomic mass is 16.6. The summed E-state index contributed by atoms with van der Waals surface area (Å²) in [6, 6.07) is 8.72. The lowest BCUT2D eigenvalue weighted by atomic mass is 10.00. The van der Waals surface area contributed by atoms with Crippen molar-refractivity contribution in [2.75, 3.05) is 6.54 Å². The molecule has 3 nitrogen and oxygen atoms in total. The number of rotatable bonds is 6. The SMILES string of the molecule is CC(C)Cc1ccc(C(C)NCC(=O)OC(C)(C)C)cc1. The molecule has 0 bridgehead atoms. The van der Waals surface area contributed by atoms with Crippen molar-refractivity contribution in [1.82, 2.24) is 5.32 Å². The molecule has 1 unspecified atom stereocenters. The van der Waals surface area contributed by atoms with Gasteiger partial charge >= 0.3 is 5.97 Å². The van der Waals surface area contributed by atoms with Gasteiger partial charge in [-0.15, -0.1) is 0 Å². The quantitative estimate of drug-likeness (QED) is 0.808. The van der Waals surface area contributed by atoms with Gasteiger partial charge in [-0.2, -0.15) is 0 Å². The topological polar surface area (TPSA) is 38.3 Å². The Balaban J connectivity index is 2.48. The first-order valence-electron chi connectivity index (χ1n) is 7.71. The van der Waals surface area contributed by atoms with Gasteiger partial charge < -0.3 is 10.1 Å². The highest BCUT2D eigenvalue weighted by Crippen LogP contribution is 2.15. The van der Waals surface area contributed by atoms with Gasteiger partial charge in [-0.05, 0) is 51.2 Å². The lowest BCUT2D eigenvalue weighted by Crippen LogP contribution is -2.32. The molecule has 1 aromatic carbocycles. The molecule has 0 aliphatic rings. The van der Waals surface area contributed by atoms with Crippen LogP contribution in [0.25, 0.3) is 0 Å². The van der Waals surface area contributed by atoms with E-state index in [0.717, 1.165) is 6.42 Å². The van der Waals surface area contributed by atoms with E-state index in [-0.39, 0.29) is 18.6 Å². The number of carbonyl (C=O) groups excluding carboxylic acids is 1. The highest BCUT2D eigenvalue weighted by Gasteiger charge is 2.16. The molecule has 0 aliphatic carbocycles. The first-order valence-corrected chi connectivity index (χ1v) is 7.71. The van der Waals surface area contributed by atoms with E-state index in [0.29, 0.717) is 5.92 Å². The Kier molecular flexibility index (Phi) is 6.41. The van der Waals surface area contributed by atoms with Crippen LogP contribution in [0.15, 0.2) is 24.3 Å². The van der Waals surface area contributed by atoms with Crippen molar-refractivity contribution >= 4 is 5.97 Å². The molecule has 3 heteroatoms. The predicted molar refractivity (Wildman–Crippen MR) is 87.2 cm³/mol. The maximum absolute atomic E-state index is 11.7. The van der Waals surface area contributed by atoms with Crippen molar-refractivity contribution in [3.05, 3.63) is 35.4 Å². The smallest absolute Gasteiger partial charge is 0.320 e. The monoisotopic (exact) mass is 291 g/mol. The Hall–Kier alpha value is -1.35. The molecular formula is C18H29NO2. The summed E-state index contributed by atoms with van der Waals surface area (Å²) in [5.74, 6) is 0.448. The van der Waals surface area contributed by atoms with Gasteiger partial charge in [0, 0.05) is 6.04 Å². The van der Waals surface area contributed by atoms with Crippen LogP contribution in [0.1, 0.15) is 58.7 Å². The zero-order chi connectivity index (χ0) is 16.0. The lowest BCUT2D eigenvalue weighted by Gasteiger charge is -2.21. The molecule has 0 heterocycles. The van der Waals surface area contributed by atoms with Crippen LogP contribution < -0.4 is 5.32 Å². The lowest BCUT2D eigenvalue weighted by molar-refractivity contribution is -0.153. The van der Waals surface area contributed by atoms with Gasteiger partial charge in [0.05, 0.1) is 6.54 Å². The van der Waals surface area contributed by atoms with E-state index in [2.05, 4.69) is 50.4 Å². The van der Waals surface area contributed by atoms with Crippen molar-refractivity contribution in [3.63, 3.8) is 0 Å². The molecule has 21 heavy (non-hydrogen) atoms. The van der Waals surface area contributed by atoms with Crippen molar-refractivity contribution in [2.45, 2.75) is 59.6 Å². The summed E-state index contributed by atoms with van der Waals surface area (Å²) in [6.07, 6.45) is 1.10. The Morgan fingerprint density at radius 1 is 1.14 bits per heavy atom. The van der Waals surface area contributed by atoms with Crippen LogP contribution in [-0.4, -0.2) is 18.1 Å². The third kappa shape index (κ3) is 7.28. The molecule has 1 rings (SSSR count). The predicted octanol–water partition coefficient (Wildman–Crippen LogP) is 3.88. The molecule has 118 valence electrons. The number of nitrogens with one attached hydrogen (secondary N) is 1. The number of hydrogen-bond acceptors (Lipinski definition) is 3. The molecule has 0 spiro atoms. The average molecular weight is 291 g/mol. The van der Waals surface area contributed by atoms with Gasteiger partial charge in [-0.3, -0.25) is 4.79 Å². The van der Waals surface area contributed by atoms with Crippen molar-refractivity contribution in [1.29, 1.82) is 0 Å². The fourth-order valence-electron chi connectivity index (χ4n) is 2.15. The minimum Gasteiger partial charge on any atom is -0.459 e. The second-order valence-corrected chi connectivity index (χ2v) is 7.03. The van der Waals surface area contributed by atoms with E-state index in [4.69, 9.17) is 4.74 Å². The summed E-state index contributed by atoms with van der Waals surface area (Å²) in [4.78, 5) is 11.7. The zero-order valence-corrected chi connectivity index (χ0v) is 14.2. The summed E-state index contributed by atoms with van der Waals surface area (Å²) in [5, 5.41) is 3.21. The minimum absolute atomic E-state index is 0.130. The Morgan fingerprint density at radius 2 is 1.71 bits per heavy atom.